The predicted octanol–water partition coefficient (Wildman–Crippen LogP) is 2.20. The Hall–Kier alpha value is -0.570. The molecular weight excluding hydrogens is 188 g/mol. The average Bonchev–Trinajstić information content (AvgIpc) is 2.66. The quantitative estimate of drug-likeness (QED) is 0.532. The van der Waals surface area contributed by atoms with Gasteiger partial charge in [-0.3, -0.25) is 4.90 Å². The first kappa shape index (κ1) is 10.9. The lowest BCUT2D eigenvalue weighted by atomic mass is 9.80. The lowest BCUT2D eigenvalue weighted by Crippen LogP contribution is -2.51. The van der Waals surface area contributed by atoms with Crippen molar-refractivity contribution in [3.05, 3.63) is 0 Å². The van der Waals surface area contributed by atoms with Gasteiger partial charge >= 0.3 is 0 Å². The van der Waals surface area contributed by atoms with Crippen LogP contribution >= 0.6 is 0 Å². The summed E-state index contributed by atoms with van der Waals surface area (Å²) in [5, 5.41) is 12.7. The molecule has 0 aliphatic heterocycles. The molecule has 2 fully saturated rings. The van der Waals surface area contributed by atoms with Crippen molar-refractivity contribution in [2.45, 2.75) is 39.2 Å². The van der Waals surface area contributed by atoms with Crippen molar-refractivity contribution in [3.63, 3.8) is 0 Å². The smallest absolute Gasteiger partial charge is 0.0773 e. The van der Waals surface area contributed by atoms with Gasteiger partial charge in [-0.1, -0.05) is 19.0 Å². The summed E-state index contributed by atoms with van der Waals surface area (Å²) in [6.45, 7) is 6.85. The molecule has 0 saturated heterocycles. The number of nitrogens with zero attached hydrogens (tertiary/aromatic N) is 2. The molecule has 2 aliphatic carbocycles. The summed E-state index contributed by atoms with van der Waals surface area (Å²) < 4.78 is 0. The zero-order valence-electron chi connectivity index (χ0n) is 10.4. The highest BCUT2D eigenvalue weighted by atomic mass is 16.4. The molecule has 0 bridgehead atoms. The van der Waals surface area contributed by atoms with E-state index in [2.05, 4.69) is 44.9 Å². The van der Waals surface area contributed by atoms with Crippen LogP contribution in [0.15, 0.2) is 5.16 Å². The Balaban J connectivity index is 2.27. The van der Waals surface area contributed by atoms with Gasteiger partial charge in [0.25, 0.3) is 0 Å². The van der Waals surface area contributed by atoms with E-state index in [1.165, 1.54) is 0 Å². The largest absolute Gasteiger partial charge is 0.411 e. The van der Waals surface area contributed by atoms with E-state index in [0.29, 0.717) is 5.41 Å². The fraction of sp³-hybridized carbons (Fsp3) is 0.917. The monoisotopic (exact) mass is 210 g/mol. The molecule has 2 aliphatic rings. The van der Waals surface area contributed by atoms with Gasteiger partial charge in [0.2, 0.25) is 0 Å². The van der Waals surface area contributed by atoms with Gasteiger partial charge in [0, 0.05) is 0 Å². The fourth-order valence-electron chi connectivity index (χ4n) is 3.23. The van der Waals surface area contributed by atoms with E-state index in [1.54, 1.807) is 0 Å². The molecule has 3 atom stereocenters. The lowest BCUT2D eigenvalue weighted by Gasteiger charge is -2.39. The van der Waals surface area contributed by atoms with Crippen LogP contribution in [0.25, 0.3) is 0 Å². The van der Waals surface area contributed by atoms with E-state index in [1.807, 2.05) is 0 Å². The minimum Gasteiger partial charge on any atom is -0.411 e. The van der Waals surface area contributed by atoms with Gasteiger partial charge in [-0.15, -0.1) is 0 Å². The third-order valence-electron chi connectivity index (χ3n) is 5.05. The third-order valence-corrected chi connectivity index (χ3v) is 5.05. The topological polar surface area (TPSA) is 35.8 Å². The molecule has 1 N–H and O–H groups in total. The number of rotatable bonds is 1. The first-order chi connectivity index (χ1) is 6.84. The Morgan fingerprint density at radius 1 is 1.27 bits per heavy atom. The highest BCUT2D eigenvalue weighted by molar-refractivity contribution is 5.94. The molecule has 3 nitrogen and oxygen atoms in total. The predicted molar refractivity (Wildman–Crippen MR) is 61.3 cm³/mol. The minimum atomic E-state index is -0.0519. The highest BCUT2D eigenvalue weighted by Crippen LogP contribution is 2.66. The van der Waals surface area contributed by atoms with Gasteiger partial charge < -0.3 is 5.21 Å². The molecule has 0 radical (unpaired) electrons. The van der Waals surface area contributed by atoms with Crippen LogP contribution in [0.1, 0.15) is 33.6 Å². The van der Waals surface area contributed by atoms with Crippen LogP contribution in [-0.4, -0.2) is 35.5 Å². The molecule has 3 heteroatoms. The van der Waals surface area contributed by atoms with Crippen LogP contribution in [-0.2, 0) is 0 Å². The second-order valence-electron chi connectivity index (χ2n) is 6.16. The number of fused-ring (bicyclic) bond motifs is 1. The summed E-state index contributed by atoms with van der Waals surface area (Å²) in [4.78, 5) is 2.19. The van der Waals surface area contributed by atoms with E-state index in [9.17, 15) is 0 Å². The van der Waals surface area contributed by atoms with Crippen molar-refractivity contribution in [2.75, 3.05) is 14.1 Å². The van der Waals surface area contributed by atoms with Crippen LogP contribution in [0.2, 0.25) is 0 Å². The first-order valence-electron chi connectivity index (χ1n) is 5.73. The van der Waals surface area contributed by atoms with E-state index in [4.69, 9.17) is 5.21 Å². The van der Waals surface area contributed by atoms with Crippen LogP contribution in [0.5, 0.6) is 0 Å². The van der Waals surface area contributed by atoms with Crippen molar-refractivity contribution in [2.24, 2.45) is 22.4 Å². The Morgan fingerprint density at radius 3 is 2.33 bits per heavy atom. The van der Waals surface area contributed by atoms with Crippen molar-refractivity contribution in [3.8, 4) is 0 Å². The molecule has 2 rings (SSSR count). The fourth-order valence-corrected chi connectivity index (χ4v) is 3.23. The molecule has 0 spiro atoms. The second kappa shape index (κ2) is 2.97. The van der Waals surface area contributed by atoms with Crippen LogP contribution < -0.4 is 0 Å². The zero-order chi connectivity index (χ0) is 11.4. The number of oxime groups is 1. The molecule has 0 heterocycles. The van der Waals surface area contributed by atoms with Gasteiger partial charge in [0.1, 0.15) is 0 Å². The summed E-state index contributed by atoms with van der Waals surface area (Å²) in [6.07, 6.45) is 2.08. The molecule has 15 heavy (non-hydrogen) atoms. The summed E-state index contributed by atoms with van der Waals surface area (Å²) >= 11 is 0. The van der Waals surface area contributed by atoms with E-state index < -0.39 is 0 Å². The Kier molecular flexibility index (Phi) is 2.16. The van der Waals surface area contributed by atoms with Gasteiger partial charge in [0.05, 0.1) is 11.3 Å². The minimum absolute atomic E-state index is 0.0519. The molecule has 0 aromatic rings. The van der Waals surface area contributed by atoms with Crippen LogP contribution in [0.3, 0.4) is 0 Å². The van der Waals surface area contributed by atoms with Gasteiger partial charge in [-0.25, -0.2) is 0 Å². The van der Waals surface area contributed by atoms with Gasteiger partial charge in [-0.2, -0.15) is 0 Å². The normalized spacial score (nSPS) is 45.6. The summed E-state index contributed by atoms with van der Waals surface area (Å²) in [6, 6.07) is 0. The van der Waals surface area contributed by atoms with E-state index >= 15 is 0 Å². The van der Waals surface area contributed by atoms with E-state index in [-0.39, 0.29) is 5.54 Å². The molecule has 2 saturated carbocycles. The first-order valence-corrected chi connectivity index (χ1v) is 5.73. The summed E-state index contributed by atoms with van der Waals surface area (Å²) in [7, 11) is 4.14. The van der Waals surface area contributed by atoms with E-state index in [0.717, 1.165) is 30.4 Å². The Labute approximate surface area is 92.1 Å². The van der Waals surface area contributed by atoms with Gasteiger partial charge in [0.15, 0.2) is 0 Å². The lowest BCUT2D eigenvalue weighted by molar-refractivity contribution is 0.197. The molecule has 0 aromatic heterocycles. The Bertz CT molecular complexity index is 309. The summed E-state index contributed by atoms with van der Waals surface area (Å²) in [5.74, 6) is 1.53. The molecule has 0 aromatic carbocycles. The van der Waals surface area contributed by atoms with Crippen molar-refractivity contribution in [1.29, 1.82) is 0 Å². The van der Waals surface area contributed by atoms with Gasteiger partial charge in [-0.05, 0) is 51.1 Å². The van der Waals surface area contributed by atoms with Crippen LogP contribution in [0.4, 0.5) is 0 Å². The summed E-state index contributed by atoms with van der Waals surface area (Å²) in [5.41, 5.74) is 1.35. The van der Waals surface area contributed by atoms with Crippen LogP contribution in [0, 0.1) is 17.3 Å². The zero-order valence-corrected chi connectivity index (χ0v) is 10.4. The average molecular weight is 210 g/mol. The molecule has 86 valence electrons. The maximum atomic E-state index is 9.14. The van der Waals surface area contributed by atoms with Crippen molar-refractivity contribution in [1.82, 2.24) is 4.90 Å². The number of hydrogen-bond donors (Lipinski definition) is 1. The number of hydrogen-bond acceptors (Lipinski definition) is 3. The maximum absolute atomic E-state index is 9.14. The Morgan fingerprint density at radius 2 is 1.87 bits per heavy atom. The molecule has 0 unspecified atom stereocenters. The maximum Gasteiger partial charge on any atom is 0.0773 e. The third kappa shape index (κ3) is 1.32. The SMILES string of the molecule is CN(C)[C@]1(C)C[C@@H]2[C@H](C/C1=N/O)C2(C)C. The van der Waals surface area contributed by atoms with Crippen molar-refractivity contribution < 1.29 is 5.21 Å². The highest BCUT2D eigenvalue weighted by Gasteiger charge is 2.63. The molecule has 0 amide bonds. The second-order valence-corrected chi connectivity index (χ2v) is 6.16. The molecular formula is C12H22N2O. The van der Waals surface area contributed by atoms with Crippen molar-refractivity contribution >= 4 is 5.71 Å². The standard InChI is InChI=1S/C12H22N2O/c1-11(2)8-6-10(13-15)12(3,14(4)5)7-9(8)11/h8-9,15H,6-7H2,1-5H3/b13-10-/t8-,9+,12+/m0/s1.